The maximum atomic E-state index is 11.0. The van der Waals surface area contributed by atoms with Crippen LogP contribution in [-0.2, 0) is 14.0 Å². The van der Waals surface area contributed by atoms with Gasteiger partial charge in [-0.1, -0.05) is 12.8 Å². The van der Waals surface area contributed by atoms with E-state index in [1.54, 1.807) is 12.3 Å². The predicted molar refractivity (Wildman–Crippen MR) is 126 cm³/mol. The molecule has 0 saturated heterocycles. The van der Waals surface area contributed by atoms with E-state index in [-0.39, 0.29) is 11.9 Å². The van der Waals surface area contributed by atoms with E-state index >= 15 is 0 Å². The average Bonchev–Trinajstić information content (AvgIpc) is 3.26. The summed E-state index contributed by atoms with van der Waals surface area (Å²) in [7, 11) is -3.06. The first kappa shape index (κ1) is 25.8. The number of halogens is 1. The van der Waals surface area contributed by atoms with Crippen LogP contribution in [0.25, 0.3) is 11.0 Å². The first-order valence-electron chi connectivity index (χ1n) is 11.5. The van der Waals surface area contributed by atoms with Crippen LogP contribution in [-0.4, -0.2) is 79.4 Å². The van der Waals surface area contributed by atoms with E-state index in [9.17, 15) is 14.8 Å². The minimum atomic E-state index is -4.37. The molecule has 2 saturated carbocycles. The Balaban J connectivity index is 1.59. The van der Waals surface area contributed by atoms with Gasteiger partial charge in [-0.05, 0) is 49.3 Å². The molecule has 34 heavy (non-hydrogen) atoms. The van der Waals surface area contributed by atoms with Gasteiger partial charge >= 0.3 is 7.60 Å². The van der Waals surface area contributed by atoms with Gasteiger partial charge in [-0.15, -0.1) is 0 Å². The number of rotatable bonds is 12. The number of hydrogen-bond acceptors (Lipinski definition) is 8. The van der Waals surface area contributed by atoms with Crippen LogP contribution >= 0.6 is 19.2 Å². The van der Waals surface area contributed by atoms with Crippen molar-refractivity contribution in [2.75, 3.05) is 31.5 Å². The zero-order valence-electron chi connectivity index (χ0n) is 19.0. The van der Waals surface area contributed by atoms with Gasteiger partial charge < -0.3 is 38.9 Å². The molecule has 0 aromatic carbocycles. The average molecular weight is 519 g/mol. The highest BCUT2D eigenvalue weighted by Gasteiger charge is 2.34. The van der Waals surface area contributed by atoms with Crippen molar-refractivity contribution < 1.29 is 34.0 Å². The molecule has 0 unspecified atom stereocenters. The number of hydrogen-bond donors (Lipinski definition) is 4. The standard InChI is InChI=1S/C21H32ClN4O7P/c1-32-16(11-33-12-34(29,30)31)17(27)20(28)25-9-8-15-18(25)23-21(22)24-19(15)26(10-13-6-7-13)14-4-2-3-5-14/h8-9,13-14,16-17,20,27-28H,2-7,10-12H2,1H3,(H2,29,30,31)/t16-,17-,20-/m1/s1. The van der Waals surface area contributed by atoms with Crippen molar-refractivity contribution in [3.05, 3.63) is 17.5 Å². The van der Waals surface area contributed by atoms with E-state index < -0.39 is 32.4 Å². The lowest BCUT2D eigenvalue weighted by Gasteiger charge is -2.31. The van der Waals surface area contributed by atoms with Crippen LogP contribution in [0.2, 0.25) is 5.28 Å². The molecule has 0 amide bonds. The summed E-state index contributed by atoms with van der Waals surface area (Å²) in [6.45, 7) is 0.586. The third-order valence-electron chi connectivity index (χ3n) is 6.53. The number of nitrogens with zero attached hydrogens (tertiary/aromatic N) is 4. The second kappa shape index (κ2) is 10.8. The Labute approximate surface area is 202 Å². The Morgan fingerprint density at radius 2 is 1.94 bits per heavy atom. The predicted octanol–water partition coefficient (Wildman–Crippen LogP) is 2.26. The van der Waals surface area contributed by atoms with Gasteiger partial charge in [0.1, 0.15) is 30.0 Å². The number of methoxy groups -OCH3 is 1. The van der Waals surface area contributed by atoms with Crippen molar-refractivity contribution in [1.82, 2.24) is 14.5 Å². The monoisotopic (exact) mass is 518 g/mol. The van der Waals surface area contributed by atoms with Crippen molar-refractivity contribution in [1.29, 1.82) is 0 Å². The van der Waals surface area contributed by atoms with Gasteiger partial charge in [-0.2, -0.15) is 9.97 Å². The molecule has 0 aliphatic heterocycles. The molecular formula is C21H32ClN4O7P. The van der Waals surface area contributed by atoms with Crippen molar-refractivity contribution in [3.8, 4) is 0 Å². The van der Waals surface area contributed by atoms with Crippen molar-refractivity contribution in [3.63, 3.8) is 0 Å². The molecule has 11 nitrogen and oxygen atoms in total. The Morgan fingerprint density at radius 1 is 1.24 bits per heavy atom. The van der Waals surface area contributed by atoms with Gasteiger partial charge in [-0.25, -0.2) is 0 Å². The lowest BCUT2D eigenvalue weighted by Crippen LogP contribution is -2.39. The van der Waals surface area contributed by atoms with Gasteiger partial charge in [0.25, 0.3) is 0 Å². The van der Waals surface area contributed by atoms with Crippen molar-refractivity contribution in [2.24, 2.45) is 5.92 Å². The molecule has 13 heteroatoms. The molecule has 2 aliphatic carbocycles. The van der Waals surface area contributed by atoms with E-state index in [0.717, 1.165) is 30.6 Å². The fourth-order valence-electron chi connectivity index (χ4n) is 4.58. The minimum absolute atomic E-state index is 0.0520. The summed E-state index contributed by atoms with van der Waals surface area (Å²) in [5.41, 5.74) is 0.381. The lowest BCUT2D eigenvalue weighted by atomic mass is 10.1. The van der Waals surface area contributed by atoms with Gasteiger partial charge in [0.2, 0.25) is 5.28 Å². The fraction of sp³-hybridized carbons (Fsp3) is 0.714. The lowest BCUT2D eigenvalue weighted by molar-refractivity contribution is -0.121. The largest absolute Gasteiger partial charge is 0.386 e. The highest BCUT2D eigenvalue weighted by Crippen LogP contribution is 2.38. The molecule has 0 bridgehead atoms. The van der Waals surface area contributed by atoms with Gasteiger partial charge in [-0.3, -0.25) is 4.57 Å². The quantitative estimate of drug-likeness (QED) is 0.243. The molecule has 4 N–H and O–H groups in total. The highest BCUT2D eigenvalue weighted by atomic mass is 35.5. The molecule has 0 spiro atoms. The van der Waals surface area contributed by atoms with Crippen LogP contribution in [0.5, 0.6) is 0 Å². The number of aliphatic hydroxyl groups excluding tert-OH is 2. The molecule has 0 radical (unpaired) electrons. The zero-order valence-corrected chi connectivity index (χ0v) is 20.7. The Morgan fingerprint density at radius 3 is 2.56 bits per heavy atom. The van der Waals surface area contributed by atoms with Gasteiger partial charge in [0.05, 0.1) is 12.0 Å². The number of aliphatic hydroxyl groups is 2. The smallest absolute Gasteiger partial charge is 0.350 e. The van der Waals surface area contributed by atoms with Crippen molar-refractivity contribution >= 4 is 36.0 Å². The van der Waals surface area contributed by atoms with Gasteiger partial charge in [0, 0.05) is 25.9 Å². The summed E-state index contributed by atoms with van der Waals surface area (Å²) in [6, 6.07) is 2.19. The highest BCUT2D eigenvalue weighted by molar-refractivity contribution is 7.51. The molecule has 3 atom stereocenters. The van der Waals surface area contributed by atoms with Gasteiger partial charge in [0.15, 0.2) is 6.23 Å². The third kappa shape index (κ3) is 6.09. The molecule has 190 valence electrons. The van der Waals surface area contributed by atoms with E-state index in [2.05, 4.69) is 14.9 Å². The van der Waals surface area contributed by atoms with E-state index in [1.807, 2.05) is 0 Å². The van der Waals surface area contributed by atoms with E-state index in [0.29, 0.717) is 17.6 Å². The van der Waals surface area contributed by atoms with Crippen LogP contribution in [0.4, 0.5) is 5.82 Å². The molecule has 2 aromatic rings. The SMILES string of the molecule is CO[C@H](COCP(=O)(O)O)[C@@H](O)[C@@H](O)n1ccc2c(N(CC3CC3)C3CCCC3)nc(Cl)nc21. The zero-order chi connectivity index (χ0) is 24.5. The number of fused-ring (bicyclic) bond motifs is 1. The van der Waals surface area contributed by atoms with Crippen LogP contribution in [0.3, 0.4) is 0 Å². The summed E-state index contributed by atoms with van der Waals surface area (Å²) < 4.78 is 22.6. The first-order chi connectivity index (χ1) is 16.2. The molecular weight excluding hydrogens is 487 g/mol. The minimum Gasteiger partial charge on any atom is -0.386 e. The van der Waals surface area contributed by atoms with Crippen LogP contribution in [0.1, 0.15) is 44.8 Å². The van der Waals surface area contributed by atoms with E-state index in [1.165, 1.54) is 37.4 Å². The molecule has 2 aromatic heterocycles. The number of anilines is 1. The summed E-state index contributed by atoms with van der Waals surface area (Å²) in [5, 5.41) is 22.4. The van der Waals surface area contributed by atoms with Crippen LogP contribution in [0, 0.1) is 5.92 Å². The molecule has 2 aliphatic rings. The molecule has 2 fully saturated rings. The maximum absolute atomic E-state index is 11.0. The maximum Gasteiger partial charge on any atom is 0.350 e. The van der Waals surface area contributed by atoms with E-state index in [4.69, 9.17) is 30.9 Å². The Bertz CT molecular complexity index is 1020. The summed E-state index contributed by atoms with van der Waals surface area (Å²) in [5.74, 6) is 1.39. The number of ether oxygens (including phenoxy) is 2. The Kier molecular flexibility index (Phi) is 8.16. The van der Waals surface area contributed by atoms with Crippen LogP contribution in [0.15, 0.2) is 12.3 Å². The second-order valence-electron chi connectivity index (χ2n) is 9.15. The normalized spacial score (nSPS) is 20.1. The summed E-state index contributed by atoms with van der Waals surface area (Å²) in [6.07, 6.45) is 3.80. The summed E-state index contributed by atoms with van der Waals surface area (Å²) in [4.78, 5) is 29.1. The third-order valence-corrected chi connectivity index (χ3v) is 7.22. The van der Waals surface area contributed by atoms with Crippen molar-refractivity contribution in [2.45, 2.75) is 63.0 Å². The fourth-order valence-corrected chi connectivity index (χ4v) is 5.08. The second-order valence-corrected chi connectivity index (χ2v) is 11.1. The topological polar surface area (TPSA) is 150 Å². The first-order valence-corrected chi connectivity index (χ1v) is 13.7. The summed E-state index contributed by atoms with van der Waals surface area (Å²) >= 11 is 6.32. The number of aromatic nitrogens is 3. The molecule has 4 rings (SSSR count). The Hall–Kier alpha value is -1.30. The van der Waals surface area contributed by atoms with Crippen LogP contribution < -0.4 is 4.90 Å². The molecule has 2 heterocycles.